The summed E-state index contributed by atoms with van der Waals surface area (Å²) in [7, 11) is 0. The standard InChI is InChI=1S/C12H8F4O3/c13-9-3-6(12(14,15)16)1-2-8(9)11(10(18)19)4-7(17)5-11/h1-3H,4-5H2,(H,18,19). The number of carboxylic acids is 1. The predicted molar refractivity (Wildman–Crippen MR) is 55.0 cm³/mol. The van der Waals surface area contributed by atoms with E-state index in [1.165, 1.54) is 0 Å². The van der Waals surface area contributed by atoms with Crippen LogP contribution in [0.4, 0.5) is 17.6 Å². The Morgan fingerprint density at radius 1 is 1.26 bits per heavy atom. The van der Waals surface area contributed by atoms with Crippen LogP contribution < -0.4 is 0 Å². The first-order chi connectivity index (χ1) is 8.67. The molecule has 0 heterocycles. The van der Waals surface area contributed by atoms with Gasteiger partial charge in [0.1, 0.15) is 17.0 Å². The molecule has 0 saturated heterocycles. The van der Waals surface area contributed by atoms with Crippen molar-refractivity contribution in [1.82, 2.24) is 0 Å². The van der Waals surface area contributed by atoms with Gasteiger partial charge in [0, 0.05) is 18.4 Å². The second kappa shape index (κ2) is 4.04. The molecule has 1 aromatic rings. The van der Waals surface area contributed by atoms with Gasteiger partial charge >= 0.3 is 12.1 Å². The number of rotatable bonds is 2. The van der Waals surface area contributed by atoms with Crippen LogP contribution in [0.25, 0.3) is 0 Å². The zero-order valence-corrected chi connectivity index (χ0v) is 9.42. The second-order valence-corrected chi connectivity index (χ2v) is 4.47. The molecule has 1 aliphatic carbocycles. The highest BCUT2D eigenvalue weighted by Crippen LogP contribution is 2.43. The molecule has 0 atom stereocenters. The Bertz CT molecular complexity index is 555. The third kappa shape index (κ3) is 2.09. The van der Waals surface area contributed by atoms with Gasteiger partial charge in [0.05, 0.1) is 5.56 Å². The van der Waals surface area contributed by atoms with Crippen LogP contribution in [0.3, 0.4) is 0 Å². The molecule has 0 radical (unpaired) electrons. The first-order valence-corrected chi connectivity index (χ1v) is 5.29. The van der Waals surface area contributed by atoms with Gasteiger partial charge in [-0.3, -0.25) is 9.59 Å². The minimum absolute atomic E-state index is 0.253. The van der Waals surface area contributed by atoms with Gasteiger partial charge in [0.25, 0.3) is 0 Å². The summed E-state index contributed by atoms with van der Waals surface area (Å²) in [5, 5.41) is 9.07. The van der Waals surface area contributed by atoms with Gasteiger partial charge in [-0.2, -0.15) is 13.2 Å². The van der Waals surface area contributed by atoms with Crippen LogP contribution in [0.2, 0.25) is 0 Å². The van der Waals surface area contributed by atoms with Crippen LogP contribution in [0.5, 0.6) is 0 Å². The lowest BCUT2D eigenvalue weighted by atomic mass is 9.63. The monoisotopic (exact) mass is 276 g/mol. The number of hydrogen-bond acceptors (Lipinski definition) is 2. The first kappa shape index (κ1) is 13.5. The van der Waals surface area contributed by atoms with Gasteiger partial charge in [-0.05, 0) is 12.1 Å². The molecule has 1 aliphatic rings. The number of Topliss-reactive ketones (excluding diaryl/α,β-unsaturated/α-hetero) is 1. The summed E-state index contributed by atoms with van der Waals surface area (Å²) < 4.78 is 50.8. The highest BCUT2D eigenvalue weighted by molar-refractivity contribution is 6.01. The van der Waals surface area contributed by atoms with Crippen molar-refractivity contribution in [3.8, 4) is 0 Å². The lowest BCUT2D eigenvalue weighted by molar-refractivity contribution is -0.153. The minimum atomic E-state index is -4.70. The van der Waals surface area contributed by atoms with E-state index in [2.05, 4.69) is 0 Å². The molecule has 19 heavy (non-hydrogen) atoms. The Balaban J connectivity index is 2.47. The topological polar surface area (TPSA) is 54.4 Å². The van der Waals surface area contributed by atoms with Crippen LogP contribution >= 0.6 is 0 Å². The third-order valence-electron chi connectivity index (χ3n) is 3.22. The lowest BCUT2D eigenvalue weighted by Crippen LogP contribution is -2.48. The molecule has 0 aromatic heterocycles. The highest BCUT2D eigenvalue weighted by atomic mass is 19.4. The summed E-state index contributed by atoms with van der Waals surface area (Å²) in [5.74, 6) is -3.03. The number of carbonyl (C=O) groups is 2. The maximum Gasteiger partial charge on any atom is 0.416 e. The summed E-state index contributed by atoms with van der Waals surface area (Å²) >= 11 is 0. The fourth-order valence-electron chi connectivity index (χ4n) is 2.16. The average Bonchev–Trinajstić information content (AvgIpc) is 2.23. The van der Waals surface area contributed by atoms with Crippen molar-refractivity contribution < 1.29 is 32.3 Å². The minimum Gasteiger partial charge on any atom is -0.481 e. The van der Waals surface area contributed by atoms with Crippen LogP contribution in [0.1, 0.15) is 24.0 Å². The molecule has 7 heteroatoms. The number of benzene rings is 1. The van der Waals surface area contributed by atoms with Crippen LogP contribution in [0, 0.1) is 5.82 Å². The zero-order valence-electron chi connectivity index (χ0n) is 9.42. The van der Waals surface area contributed by atoms with Crippen LogP contribution in [-0.2, 0) is 21.2 Å². The molecule has 1 saturated carbocycles. The summed E-state index contributed by atoms with van der Waals surface area (Å²) in [6.07, 6.45) is -5.50. The molecular weight excluding hydrogens is 268 g/mol. The van der Waals surface area contributed by atoms with E-state index in [0.717, 1.165) is 6.07 Å². The zero-order chi connectivity index (χ0) is 14.4. The number of carbonyl (C=O) groups excluding carboxylic acids is 1. The molecule has 102 valence electrons. The number of carboxylic acid groups (broad SMARTS) is 1. The lowest BCUT2D eigenvalue weighted by Gasteiger charge is -2.36. The molecule has 1 fully saturated rings. The van der Waals surface area contributed by atoms with Crippen molar-refractivity contribution in [3.63, 3.8) is 0 Å². The Morgan fingerprint density at radius 3 is 2.21 bits per heavy atom. The summed E-state index contributed by atoms with van der Waals surface area (Å²) in [6.45, 7) is 0. The van der Waals surface area contributed by atoms with Crippen molar-refractivity contribution >= 4 is 11.8 Å². The predicted octanol–water partition coefficient (Wildman–Crippen LogP) is 2.53. The Hall–Kier alpha value is -1.92. The van der Waals surface area contributed by atoms with Gasteiger partial charge in [-0.25, -0.2) is 4.39 Å². The van der Waals surface area contributed by atoms with Crippen molar-refractivity contribution in [2.45, 2.75) is 24.4 Å². The fraction of sp³-hybridized carbons (Fsp3) is 0.333. The first-order valence-electron chi connectivity index (χ1n) is 5.29. The number of hydrogen-bond donors (Lipinski definition) is 1. The second-order valence-electron chi connectivity index (χ2n) is 4.47. The Kier molecular flexibility index (Phi) is 2.87. The molecule has 0 unspecified atom stereocenters. The van der Waals surface area contributed by atoms with E-state index in [0.29, 0.717) is 6.07 Å². The molecule has 0 spiro atoms. The van der Waals surface area contributed by atoms with Crippen LogP contribution in [0.15, 0.2) is 18.2 Å². The van der Waals surface area contributed by atoms with E-state index in [9.17, 15) is 27.2 Å². The van der Waals surface area contributed by atoms with E-state index in [1.807, 2.05) is 0 Å². The molecule has 3 nitrogen and oxygen atoms in total. The molecule has 1 aromatic carbocycles. The number of aliphatic carboxylic acids is 1. The van der Waals surface area contributed by atoms with Gasteiger partial charge in [-0.1, -0.05) is 6.07 Å². The average molecular weight is 276 g/mol. The Labute approximate surface area is 104 Å². The summed E-state index contributed by atoms with van der Waals surface area (Å²) in [4.78, 5) is 22.1. The Morgan fingerprint density at radius 2 is 1.84 bits per heavy atom. The van der Waals surface area contributed by atoms with E-state index >= 15 is 0 Å². The maximum absolute atomic E-state index is 13.7. The third-order valence-corrected chi connectivity index (χ3v) is 3.22. The quantitative estimate of drug-likeness (QED) is 0.844. The van der Waals surface area contributed by atoms with Gasteiger partial charge in [0.15, 0.2) is 0 Å². The van der Waals surface area contributed by atoms with E-state index in [1.54, 1.807) is 0 Å². The molecule has 2 rings (SSSR count). The summed E-state index contributed by atoms with van der Waals surface area (Å²) in [6, 6.07) is 1.66. The van der Waals surface area contributed by atoms with Gasteiger partial charge < -0.3 is 5.11 Å². The van der Waals surface area contributed by atoms with Crippen molar-refractivity contribution in [3.05, 3.63) is 35.1 Å². The smallest absolute Gasteiger partial charge is 0.416 e. The number of halogens is 4. The summed E-state index contributed by atoms with van der Waals surface area (Å²) in [5.41, 5.74) is -3.31. The van der Waals surface area contributed by atoms with Crippen molar-refractivity contribution in [2.75, 3.05) is 0 Å². The van der Waals surface area contributed by atoms with E-state index in [4.69, 9.17) is 5.11 Å². The molecule has 0 aliphatic heterocycles. The van der Waals surface area contributed by atoms with Crippen molar-refractivity contribution in [1.29, 1.82) is 0 Å². The number of ketones is 1. The van der Waals surface area contributed by atoms with Gasteiger partial charge in [-0.15, -0.1) is 0 Å². The normalized spacial score (nSPS) is 18.0. The van der Waals surface area contributed by atoms with Crippen LogP contribution in [-0.4, -0.2) is 16.9 Å². The fourth-order valence-corrected chi connectivity index (χ4v) is 2.16. The van der Waals surface area contributed by atoms with Crippen molar-refractivity contribution in [2.24, 2.45) is 0 Å². The van der Waals surface area contributed by atoms with Gasteiger partial charge in [0.2, 0.25) is 0 Å². The number of alkyl halides is 3. The highest BCUT2D eigenvalue weighted by Gasteiger charge is 2.53. The molecule has 1 N–H and O–H groups in total. The molecule has 0 bridgehead atoms. The van der Waals surface area contributed by atoms with E-state index in [-0.39, 0.29) is 17.4 Å². The molecular formula is C12H8F4O3. The maximum atomic E-state index is 13.7. The largest absolute Gasteiger partial charge is 0.481 e. The van der Waals surface area contributed by atoms with E-state index < -0.39 is 41.8 Å². The molecule has 0 amide bonds. The SMILES string of the molecule is O=C1CC(C(=O)O)(c2ccc(C(F)(F)F)cc2F)C1.